The molecule has 6 nitrogen and oxygen atoms in total. The van der Waals surface area contributed by atoms with Gasteiger partial charge in [0.15, 0.2) is 11.1 Å². The predicted molar refractivity (Wildman–Crippen MR) is 102 cm³/mol. The van der Waals surface area contributed by atoms with Crippen LogP contribution in [0, 0.1) is 13.8 Å². The quantitative estimate of drug-likeness (QED) is 0.600. The molecule has 0 saturated carbocycles. The van der Waals surface area contributed by atoms with Crippen LogP contribution >= 0.6 is 0 Å². The third kappa shape index (κ3) is 2.50. The van der Waals surface area contributed by atoms with E-state index in [-0.39, 0.29) is 11.5 Å². The molecular weight excluding hydrogens is 328 g/mol. The molecule has 0 fully saturated rings. The highest BCUT2D eigenvalue weighted by molar-refractivity contribution is 5.86. The maximum atomic E-state index is 13.0. The fourth-order valence-electron chi connectivity index (χ4n) is 3.34. The highest BCUT2D eigenvalue weighted by Crippen LogP contribution is 2.30. The number of rotatable bonds is 2. The second-order valence-electron chi connectivity index (χ2n) is 6.84. The van der Waals surface area contributed by atoms with Crippen LogP contribution in [0.1, 0.15) is 29.7 Å². The first-order valence-electron chi connectivity index (χ1n) is 8.48. The lowest BCUT2D eigenvalue weighted by Crippen LogP contribution is -2.12. The van der Waals surface area contributed by atoms with Crippen LogP contribution in [-0.4, -0.2) is 14.8 Å². The van der Waals surface area contributed by atoms with Gasteiger partial charge in [0.2, 0.25) is 0 Å². The van der Waals surface area contributed by atoms with Gasteiger partial charge < -0.3 is 10.2 Å². The number of nitrogens with two attached hydrogens (primary N) is 1. The van der Waals surface area contributed by atoms with Gasteiger partial charge in [-0.2, -0.15) is 5.10 Å². The summed E-state index contributed by atoms with van der Waals surface area (Å²) in [5.41, 5.74) is 10.4. The molecule has 1 atom stereocenters. The van der Waals surface area contributed by atoms with E-state index in [0.717, 1.165) is 22.1 Å². The number of pyridine rings is 1. The van der Waals surface area contributed by atoms with Crippen LogP contribution in [0.5, 0.6) is 0 Å². The summed E-state index contributed by atoms with van der Waals surface area (Å²) in [5, 5.41) is 5.74. The fourth-order valence-corrected chi connectivity index (χ4v) is 3.34. The third-order valence-corrected chi connectivity index (χ3v) is 4.62. The lowest BCUT2D eigenvalue weighted by molar-refractivity contribution is 0.603. The molecule has 3 aromatic heterocycles. The summed E-state index contributed by atoms with van der Waals surface area (Å²) < 4.78 is 7.93. The number of hydrogen-bond acceptors (Lipinski definition) is 5. The smallest absolute Gasteiger partial charge is 0.196 e. The number of aryl methyl sites for hydroxylation is 2. The first-order valence-corrected chi connectivity index (χ1v) is 8.48. The van der Waals surface area contributed by atoms with Crippen LogP contribution in [-0.2, 0) is 7.05 Å². The summed E-state index contributed by atoms with van der Waals surface area (Å²) in [6.45, 7) is 5.62. The average Bonchev–Trinajstić information content (AvgIpc) is 2.96. The van der Waals surface area contributed by atoms with Crippen molar-refractivity contribution in [2.75, 3.05) is 0 Å². The second-order valence-corrected chi connectivity index (χ2v) is 6.84. The fraction of sp³-hybridized carbons (Fsp3) is 0.250. The number of hydrogen-bond donors (Lipinski definition) is 1. The number of fused-ring (bicyclic) bond motifs is 2. The molecule has 0 saturated heterocycles. The van der Waals surface area contributed by atoms with E-state index in [9.17, 15) is 4.79 Å². The molecule has 0 aliphatic heterocycles. The predicted octanol–water partition coefficient (Wildman–Crippen LogP) is 3.38. The zero-order valence-corrected chi connectivity index (χ0v) is 15.2. The Balaban J connectivity index is 2.05. The summed E-state index contributed by atoms with van der Waals surface area (Å²) in [7, 11) is 1.85. The van der Waals surface area contributed by atoms with Crippen LogP contribution in [0.25, 0.3) is 33.3 Å². The van der Waals surface area contributed by atoms with Crippen LogP contribution in [0.3, 0.4) is 0 Å². The Morgan fingerprint density at radius 2 is 2.00 bits per heavy atom. The van der Waals surface area contributed by atoms with Gasteiger partial charge in [0.05, 0.1) is 5.39 Å². The van der Waals surface area contributed by atoms with E-state index in [1.165, 1.54) is 0 Å². The van der Waals surface area contributed by atoms with E-state index in [1.807, 2.05) is 45.3 Å². The molecule has 0 amide bonds. The molecule has 26 heavy (non-hydrogen) atoms. The molecule has 0 unspecified atom stereocenters. The number of nitrogens with zero attached hydrogens (tertiary/aromatic N) is 3. The zero-order valence-electron chi connectivity index (χ0n) is 15.2. The minimum absolute atomic E-state index is 0.0434. The second kappa shape index (κ2) is 5.78. The van der Waals surface area contributed by atoms with Crippen LogP contribution < -0.4 is 11.2 Å². The van der Waals surface area contributed by atoms with Gasteiger partial charge in [-0.15, -0.1) is 0 Å². The van der Waals surface area contributed by atoms with Crippen molar-refractivity contribution < 1.29 is 4.42 Å². The molecule has 132 valence electrons. The topological polar surface area (TPSA) is 86.9 Å². The largest absolute Gasteiger partial charge is 0.455 e. The van der Waals surface area contributed by atoms with E-state index < -0.39 is 0 Å². The Bertz CT molecular complexity index is 1220. The van der Waals surface area contributed by atoms with Gasteiger partial charge in [0, 0.05) is 47.6 Å². The maximum absolute atomic E-state index is 13.0. The van der Waals surface area contributed by atoms with Crippen molar-refractivity contribution in [3.05, 3.63) is 57.5 Å². The maximum Gasteiger partial charge on any atom is 0.196 e. The minimum Gasteiger partial charge on any atom is -0.455 e. The molecule has 4 rings (SSSR count). The third-order valence-electron chi connectivity index (χ3n) is 4.62. The lowest BCUT2D eigenvalue weighted by atomic mass is 9.99. The molecule has 0 spiro atoms. The van der Waals surface area contributed by atoms with Gasteiger partial charge in [0.1, 0.15) is 11.3 Å². The van der Waals surface area contributed by atoms with E-state index >= 15 is 0 Å². The molecule has 0 bridgehead atoms. The first kappa shape index (κ1) is 16.5. The van der Waals surface area contributed by atoms with Gasteiger partial charge in [-0.3, -0.25) is 9.48 Å². The van der Waals surface area contributed by atoms with Crippen LogP contribution in [0.2, 0.25) is 0 Å². The van der Waals surface area contributed by atoms with Gasteiger partial charge in [-0.25, -0.2) is 4.98 Å². The monoisotopic (exact) mass is 348 g/mol. The molecule has 0 radical (unpaired) electrons. The Kier molecular flexibility index (Phi) is 3.66. The van der Waals surface area contributed by atoms with Crippen molar-refractivity contribution in [1.82, 2.24) is 14.8 Å². The van der Waals surface area contributed by atoms with Crippen molar-refractivity contribution in [3.63, 3.8) is 0 Å². The average molecular weight is 348 g/mol. The van der Waals surface area contributed by atoms with E-state index in [0.29, 0.717) is 27.9 Å². The lowest BCUT2D eigenvalue weighted by Gasteiger charge is -2.13. The summed E-state index contributed by atoms with van der Waals surface area (Å²) in [6, 6.07) is 5.52. The summed E-state index contributed by atoms with van der Waals surface area (Å²) in [5.74, 6) is 0.520. The zero-order chi connectivity index (χ0) is 18.6. The Labute approximate surface area is 150 Å². The van der Waals surface area contributed by atoms with Crippen molar-refractivity contribution in [2.45, 2.75) is 26.8 Å². The molecule has 0 aliphatic carbocycles. The molecule has 3 heterocycles. The van der Waals surface area contributed by atoms with Crippen LogP contribution in [0.15, 0.2) is 39.8 Å². The summed E-state index contributed by atoms with van der Waals surface area (Å²) in [6.07, 6.45) is 3.57. The molecule has 4 aromatic rings. The Morgan fingerprint density at radius 1 is 1.23 bits per heavy atom. The van der Waals surface area contributed by atoms with Crippen molar-refractivity contribution in [3.8, 4) is 11.3 Å². The number of aromatic nitrogens is 3. The molecule has 2 N–H and O–H groups in total. The highest BCUT2D eigenvalue weighted by atomic mass is 16.3. The molecule has 1 aromatic carbocycles. The minimum atomic E-state index is -0.241. The van der Waals surface area contributed by atoms with Gasteiger partial charge >= 0.3 is 0 Å². The van der Waals surface area contributed by atoms with E-state index in [1.54, 1.807) is 17.8 Å². The number of benzene rings is 1. The van der Waals surface area contributed by atoms with E-state index in [4.69, 9.17) is 10.2 Å². The van der Waals surface area contributed by atoms with Gasteiger partial charge in [-0.1, -0.05) is 6.07 Å². The highest BCUT2D eigenvalue weighted by Gasteiger charge is 2.18. The standard InChI is InChI=1S/C20H20N4O2/c1-10-5-15(12(3)21)19-16(6-10)17(25)11(2)18(26-19)13-7-14-9-24(4)23-20(14)22-8-13/h5-9,12H,21H2,1-4H3/t12-/m1/s1. The van der Waals surface area contributed by atoms with Gasteiger partial charge in [-0.05, 0) is 38.5 Å². The molecular formula is C20H20N4O2. The summed E-state index contributed by atoms with van der Waals surface area (Å²) in [4.78, 5) is 17.4. The van der Waals surface area contributed by atoms with Crippen molar-refractivity contribution in [2.24, 2.45) is 12.8 Å². The summed E-state index contributed by atoms with van der Waals surface area (Å²) >= 11 is 0. The first-order chi connectivity index (χ1) is 12.3. The normalized spacial score (nSPS) is 12.8. The van der Waals surface area contributed by atoms with Gasteiger partial charge in [0.25, 0.3) is 0 Å². The Hall–Kier alpha value is -2.99. The molecule has 6 heteroatoms. The van der Waals surface area contributed by atoms with E-state index in [2.05, 4.69) is 10.1 Å². The molecule has 0 aliphatic rings. The van der Waals surface area contributed by atoms with Crippen molar-refractivity contribution >= 4 is 22.0 Å². The SMILES string of the molecule is Cc1cc([C@@H](C)N)c2oc(-c3cnc4nn(C)cc4c3)c(C)c(=O)c2c1. The van der Waals surface area contributed by atoms with Crippen molar-refractivity contribution in [1.29, 1.82) is 0 Å². The Morgan fingerprint density at radius 3 is 2.73 bits per heavy atom. The van der Waals surface area contributed by atoms with Crippen LogP contribution in [0.4, 0.5) is 0 Å².